The first kappa shape index (κ1) is 18.3. The maximum absolute atomic E-state index is 12.3. The highest BCUT2D eigenvalue weighted by Crippen LogP contribution is 2.28. The van der Waals surface area contributed by atoms with Crippen molar-refractivity contribution in [2.24, 2.45) is 7.05 Å². The molecular weight excluding hydrogens is 342 g/mol. The van der Waals surface area contributed by atoms with Crippen LogP contribution < -0.4 is 0 Å². The molecule has 0 aromatic carbocycles. The molecule has 2 aliphatic heterocycles. The first-order chi connectivity index (χ1) is 11.7. The summed E-state index contributed by atoms with van der Waals surface area (Å²) in [5.41, 5.74) is 2.23. The quantitative estimate of drug-likeness (QED) is 0.684. The lowest BCUT2D eigenvalue weighted by atomic mass is 10.0. The van der Waals surface area contributed by atoms with Crippen molar-refractivity contribution in [3.05, 3.63) is 17.5 Å². The van der Waals surface area contributed by atoms with Gasteiger partial charge in [-0.05, 0) is 6.92 Å². The third-order valence-corrected chi connectivity index (χ3v) is 7.15. The Balaban J connectivity index is 1.78. The van der Waals surface area contributed by atoms with Crippen LogP contribution in [0.15, 0.2) is 6.20 Å². The van der Waals surface area contributed by atoms with Gasteiger partial charge in [0.05, 0.1) is 24.2 Å². The minimum atomic E-state index is -3.08. The number of sulfone groups is 1. The summed E-state index contributed by atoms with van der Waals surface area (Å²) in [6, 6.07) is -0.173. The zero-order valence-corrected chi connectivity index (χ0v) is 16.2. The van der Waals surface area contributed by atoms with Gasteiger partial charge in [-0.2, -0.15) is 5.10 Å². The van der Waals surface area contributed by atoms with E-state index in [0.717, 1.165) is 17.8 Å². The minimum Gasteiger partial charge on any atom is -0.348 e. The Morgan fingerprint density at radius 3 is 2.40 bits per heavy atom. The Morgan fingerprint density at radius 2 is 1.84 bits per heavy atom. The average molecular weight is 369 g/mol. The van der Waals surface area contributed by atoms with E-state index in [4.69, 9.17) is 0 Å². The van der Waals surface area contributed by atoms with E-state index in [9.17, 15) is 13.2 Å². The first-order valence-corrected chi connectivity index (χ1v) is 10.4. The second-order valence-corrected chi connectivity index (χ2v) is 9.47. The normalized spacial score (nSPS) is 26.6. The molecular formula is C16H27N5O3S. The Labute approximate surface area is 149 Å². The SMILES string of the molecule is Cc1c(CN2CCN(CC(=O)N(C)C)[C@@H]3CS(=O)(=O)C[C@@H]32)cnn1C. The van der Waals surface area contributed by atoms with Gasteiger partial charge in [-0.1, -0.05) is 0 Å². The van der Waals surface area contributed by atoms with Gasteiger partial charge >= 0.3 is 0 Å². The number of hydrogen-bond donors (Lipinski definition) is 0. The number of carbonyl (C=O) groups is 1. The summed E-state index contributed by atoms with van der Waals surface area (Å²) in [6.45, 7) is 4.47. The highest BCUT2D eigenvalue weighted by Gasteiger charge is 2.46. The van der Waals surface area contributed by atoms with Crippen molar-refractivity contribution in [2.75, 3.05) is 45.2 Å². The van der Waals surface area contributed by atoms with E-state index in [1.807, 2.05) is 29.7 Å². The van der Waals surface area contributed by atoms with E-state index in [2.05, 4.69) is 10.00 Å². The lowest BCUT2D eigenvalue weighted by Crippen LogP contribution is -2.60. The number of aryl methyl sites for hydroxylation is 1. The molecule has 0 unspecified atom stereocenters. The number of likely N-dealkylation sites (N-methyl/N-ethyl adjacent to an activating group) is 1. The van der Waals surface area contributed by atoms with E-state index in [-0.39, 0.29) is 36.0 Å². The van der Waals surface area contributed by atoms with Crippen LogP contribution in [0.2, 0.25) is 0 Å². The van der Waals surface area contributed by atoms with Crippen LogP contribution in [0.5, 0.6) is 0 Å². The van der Waals surface area contributed by atoms with Gasteiger partial charge in [-0.15, -0.1) is 0 Å². The van der Waals surface area contributed by atoms with Crippen LogP contribution in [0.4, 0.5) is 0 Å². The van der Waals surface area contributed by atoms with Gasteiger partial charge in [0.25, 0.3) is 0 Å². The number of rotatable bonds is 4. The molecule has 2 saturated heterocycles. The van der Waals surface area contributed by atoms with E-state index in [0.29, 0.717) is 13.1 Å². The fourth-order valence-electron chi connectivity index (χ4n) is 3.72. The topological polar surface area (TPSA) is 78.8 Å². The lowest BCUT2D eigenvalue weighted by Gasteiger charge is -2.43. The molecule has 0 radical (unpaired) electrons. The number of aromatic nitrogens is 2. The smallest absolute Gasteiger partial charge is 0.236 e. The molecule has 9 heteroatoms. The third-order valence-electron chi connectivity index (χ3n) is 5.45. The number of piperazine rings is 1. The van der Waals surface area contributed by atoms with E-state index >= 15 is 0 Å². The molecule has 2 aliphatic rings. The van der Waals surface area contributed by atoms with E-state index in [1.54, 1.807) is 19.0 Å². The predicted octanol–water partition coefficient (Wildman–Crippen LogP) is -0.900. The molecule has 0 aliphatic carbocycles. The molecule has 0 N–H and O–H groups in total. The minimum absolute atomic E-state index is 0.0135. The van der Waals surface area contributed by atoms with Crippen molar-refractivity contribution in [3.8, 4) is 0 Å². The van der Waals surface area contributed by atoms with Gasteiger partial charge in [0, 0.05) is 64.1 Å². The summed E-state index contributed by atoms with van der Waals surface area (Å²) in [5.74, 6) is 0.324. The van der Waals surface area contributed by atoms with Crippen LogP contribution in [0.3, 0.4) is 0 Å². The van der Waals surface area contributed by atoms with Crippen LogP contribution in [0, 0.1) is 6.92 Å². The average Bonchev–Trinajstić information content (AvgIpc) is 3.02. The molecule has 140 valence electrons. The summed E-state index contributed by atoms with van der Waals surface area (Å²) in [4.78, 5) is 17.9. The van der Waals surface area contributed by atoms with Crippen LogP contribution in [0.1, 0.15) is 11.3 Å². The molecule has 1 aromatic rings. The van der Waals surface area contributed by atoms with Gasteiger partial charge in [0.1, 0.15) is 0 Å². The van der Waals surface area contributed by atoms with Crippen molar-refractivity contribution in [2.45, 2.75) is 25.6 Å². The molecule has 3 rings (SSSR count). The Morgan fingerprint density at radius 1 is 1.24 bits per heavy atom. The molecule has 2 fully saturated rings. The van der Waals surface area contributed by atoms with Gasteiger partial charge in [-0.3, -0.25) is 19.3 Å². The van der Waals surface area contributed by atoms with Gasteiger partial charge in [0.2, 0.25) is 5.91 Å². The lowest BCUT2D eigenvalue weighted by molar-refractivity contribution is -0.131. The Bertz CT molecular complexity index is 758. The fourth-order valence-corrected chi connectivity index (χ4v) is 5.77. The summed E-state index contributed by atoms with van der Waals surface area (Å²) in [5, 5.41) is 4.28. The summed E-state index contributed by atoms with van der Waals surface area (Å²) >= 11 is 0. The Kier molecular flexibility index (Phi) is 4.91. The molecule has 1 aromatic heterocycles. The molecule has 8 nitrogen and oxygen atoms in total. The van der Waals surface area contributed by atoms with Gasteiger partial charge < -0.3 is 4.90 Å². The number of hydrogen-bond acceptors (Lipinski definition) is 6. The number of amides is 1. The number of fused-ring (bicyclic) bond motifs is 1. The van der Waals surface area contributed by atoms with Gasteiger partial charge in [0.15, 0.2) is 9.84 Å². The zero-order valence-electron chi connectivity index (χ0n) is 15.3. The van der Waals surface area contributed by atoms with Crippen LogP contribution in [0.25, 0.3) is 0 Å². The summed E-state index contributed by atoms with van der Waals surface area (Å²) in [7, 11) is 2.29. The predicted molar refractivity (Wildman–Crippen MR) is 94.9 cm³/mol. The van der Waals surface area contributed by atoms with Crippen LogP contribution in [-0.4, -0.2) is 96.1 Å². The first-order valence-electron chi connectivity index (χ1n) is 8.54. The summed E-state index contributed by atoms with van der Waals surface area (Å²) < 4.78 is 26.4. The fraction of sp³-hybridized carbons (Fsp3) is 0.750. The standard InChI is InChI=1S/C16H27N5O3S/c1-12-13(7-17-19(12)4)8-20-5-6-21(9-16(22)18(2)3)15-11-25(23,24)10-14(15)20/h7,14-15H,5-6,8-11H2,1-4H3/t14-,15+/m0/s1. The largest absolute Gasteiger partial charge is 0.348 e. The van der Waals surface area contributed by atoms with Crippen molar-refractivity contribution in [3.63, 3.8) is 0 Å². The number of nitrogens with zero attached hydrogens (tertiary/aromatic N) is 5. The monoisotopic (exact) mass is 369 g/mol. The van der Waals surface area contributed by atoms with Gasteiger partial charge in [-0.25, -0.2) is 8.42 Å². The molecule has 25 heavy (non-hydrogen) atoms. The van der Waals surface area contributed by atoms with E-state index in [1.165, 1.54) is 0 Å². The molecule has 3 heterocycles. The molecule has 0 bridgehead atoms. The molecule has 0 spiro atoms. The van der Waals surface area contributed by atoms with Crippen molar-refractivity contribution >= 4 is 15.7 Å². The van der Waals surface area contributed by atoms with Crippen molar-refractivity contribution in [1.82, 2.24) is 24.5 Å². The second kappa shape index (κ2) is 6.69. The summed E-state index contributed by atoms with van der Waals surface area (Å²) in [6.07, 6.45) is 1.86. The number of carbonyl (C=O) groups excluding carboxylic acids is 1. The maximum Gasteiger partial charge on any atom is 0.236 e. The van der Waals surface area contributed by atoms with Crippen LogP contribution in [-0.2, 0) is 28.2 Å². The molecule has 2 atom stereocenters. The maximum atomic E-state index is 12.3. The highest BCUT2D eigenvalue weighted by atomic mass is 32.2. The third kappa shape index (κ3) is 3.73. The zero-order chi connectivity index (χ0) is 18.4. The molecule has 1 amide bonds. The van der Waals surface area contributed by atoms with E-state index < -0.39 is 9.84 Å². The highest BCUT2D eigenvalue weighted by molar-refractivity contribution is 7.91. The van der Waals surface area contributed by atoms with Crippen molar-refractivity contribution in [1.29, 1.82) is 0 Å². The second-order valence-electron chi connectivity index (χ2n) is 7.32. The van der Waals surface area contributed by atoms with Crippen LogP contribution >= 0.6 is 0 Å². The van der Waals surface area contributed by atoms with Crippen molar-refractivity contribution < 1.29 is 13.2 Å². The Hall–Kier alpha value is -1.45. The molecule has 0 saturated carbocycles.